The summed E-state index contributed by atoms with van der Waals surface area (Å²) >= 11 is 12.3. The van der Waals surface area contributed by atoms with Gasteiger partial charge < -0.3 is 10.6 Å². The number of aryl methyl sites for hydroxylation is 1. The summed E-state index contributed by atoms with van der Waals surface area (Å²) in [7, 11) is 0. The molecule has 0 bridgehead atoms. The fourth-order valence-corrected chi connectivity index (χ4v) is 5.50. The van der Waals surface area contributed by atoms with Crippen molar-refractivity contribution in [2.75, 3.05) is 26.2 Å². The van der Waals surface area contributed by atoms with Crippen molar-refractivity contribution >= 4 is 35.0 Å². The van der Waals surface area contributed by atoms with E-state index in [4.69, 9.17) is 28.9 Å². The third-order valence-corrected chi connectivity index (χ3v) is 7.57. The number of carbonyl (C=O) groups excluding carboxylic acids is 2. The molecule has 2 aliphatic heterocycles. The van der Waals surface area contributed by atoms with Crippen LogP contribution in [0, 0.1) is 18.8 Å². The summed E-state index contributed by atoms with van der Waals surface area (Å²) in [4.78, 5) is 28.5. The highest BCUT2D eigenvalue weighted by Gasteiger charge is 2.44. The summed E-state index contributed by atoms with van der Waals surface area (Å²) in [6, 6.07) is 8.85. The van der Waals surface area contributed by atoms with Crippen molar-refractivity contribution in [3.05, 3.63) is 68.7 Å². The minimum absolute atomic E-state index is 0.129. The van der Waals surface area contributed by atoms with Crippen LogP contribution in [-0.2, 0) is 11.0 Å². The molecule has 0 aliphatic carbocycles. The SMILES string of the molecule is Cc1ccc(C(CC(N)=O)N2CC3CN(C(=O)c4cccc(C(F)(F)F)c4Cl)CC3C2)cc1Cl. The highest BCUT2D eigenvalue weighted by Crippen LogP contribution is 2.40. The van der Waals surface area contributed by atoms with E-state index >= 15 is 0 Å². The Balaban J connectivity index is 1.49. The lowest BCUT2D eigenvalue weighted by Crippen LogP contribution is -2.36. The number of carbonyl (C=O) groups is 2. The molecule has 34 heavy (non-hydrogen) atoms. The number of benzene rings is 2. The monoisotopic (exact) mass is 513 g/mol. The van der Waals surface area contributed by atoms with E-state index in [2.05, 4.69) is 4.90 Å². The molecule has 2 N–H and O–H groups in total. The zero-order chi connectivity index (χ0) is 24.8. The molecule has 0 saturated carbocycles. The van der Waals surface area contributed by atoms with Crippen LogP contribution >= 0.6 is 23.2 Å². The maximum Gasteiger partial charge on any atom is 0.417 e. The number of hydrogen-bond acceptors (Lipinski definition) is 3. The van der Waals surface area contributed by atoms with E-state index in [0.29, 0.717) is 31.2 Å². The minimum Gasteiger partial charge on any atom is -0.370 e. The average Bonchev–Trinajstić information content (AvgIpc) is 3.32. The molecule has 2 aromatic rings. The smallest absolute Gasteiger partial charge is 0.370 e. The van der Waals surface area contributed by atoms with Gasteiger partial charge in [0.2, 0.25) is 5.91 Å². The van der Waals surface area contributed by atoms with Crippen LogP contribution in [0.15, 0.2) is 36.4 Å². The van der Waals surface area contributed by atoms with Gasteiger partial charge in [0, 0.05) is 43.7 Å². The number of fused-ring (bicyclic) bond motifs is 1. The number of hydrogen-bond donors (Lipinski definition) is 1. The Labute approximate surface area is 205 Å². The number of rotatable bonds is 5. The van der Waals surface area contributed by atoms with Gasteiger partial charge in [-0.1, -0.05) is 41.4 Å². The molecule has 3 atom stereocenters. The van der Waals surface area contributed by atoms with E-state index in [1.807, 2.05) is 25.1 Å². The summed E-state index contributed by atoms with van der Waals surface area (Å²) < 4.78 is 39.6. The topological polar surface area (TPSA) is 66.6 Å². The van der Waals surface area contributed by atoms with Gasteiger partial charge in [0.05, 0.1) is 16.1 Å². The fourth-order valence-electron chi connectivity index (χ4n) is 5.00. The summed E-state index contributed by atoms with van der Waals surface area (Å²) in [6.07, 6.45) is -4.50. The van der Waals surface area contributed by atoms with Crippen LogP contribution in [-0.4, -0.2) is 47.8 Å². The van der Waals surface area contributed by atoms with Crippen LogP contribution in [0.3, 0.4) is 0 Å². The number of nitrogens with two attached hydrogens (primary N) is 1. The predicted octanol–water partition coefficient (Wildman–Crippen LogP) is 4.94. The van der Waals surface area contributed by atoms with Crippen molar-refractivity contribution in [3.8, 4) is 0 Å². The van der Waals surface area contributed by atoms with Crippen molar-refractivity contribution in [3.63, 3.8) is 0 Å². The van der Waals surface area contributed by atoms with Crippen LogP contribution in [0.4, 0.5) is 13.2 Å². The predicted molar refractivity (Wildman–Crippen MR) is 124 cm³/mol. The van der Waals surface area contributed by atoms with Gasteiger partial charge in [-0.05, 0) is 48.1 Å². The third-order valence-electron chi connectivity index (χ3n) is 6.75. The van der Waals surface area contributed by atoms with E-state index in [0.717, 1.165) is 17.2 Å². The molecule has 0 aromatic heterocycles. The van der Waals surface area contributed by atoms with E-state index in [-0.39, 0.29) is 29.9 Å². The molecule has 2 fully saturated rings. The number of alkyl halides is 3. The van der Waals surface area contributed by atoms with Crippen molar-refractivity contribution in [2.45, 2.75) is 25.6 Å². The molecule has 2 aliphatic rings. The van der Waals surface area contributed by atoms with E-state index in [1.165, 1.54) is 12.1 Å². The van der Waals surface area contributed by atoms with Gasteiger partial charge in [-0.2, -0.15) is 13.2 Å². The molecule has 10 heteroatoms. The first kappa shape index (κ1) is 24.8. The first-order valence-corrected chi connectivity index (χ1v) is 11.6. The van der Waals surface area contributed by atoms with Gasteiger partial charge in [0.1, 0.15) is 0 Å². The van der Waals surface area contributed by atoms with Crippen molar-refractivity contribution < 1.29 is 22.8 Å². The summed E-state index contributed by atoms with van der Waals surface area (Å²) in [6.45, 7) is 3.98. The van der Waals surface area contributed by atoms with Gasteiger partial charge in [-0.25, -0.2) is 0 Å². The average molecular weight is 514 g/mol. The van der Waals surface area contributed by atoms with E-state index in [9.17, 15) is 22.8 Å². The Morgan fingerprint density at radius 1 is 1.09 bits per heavy atom. The van der Waals surface area contributed by atoms with E-state index in [1.54, 1.807) is 4.90 Å². The van der Waals surface area contributed by atoms with Gasteiger partial charge in [0.15, 0.2) is 0 Å². The molecular formula is C24H24Cl2F3N3O2. The lowest BCUT2D eigenvalue weighted by Gasteiger charge is -2.29. The molecule has 5 nitrogen and oxygen atoms in total. The molecule has 0 radical (unpaired) electrons. The fraction of sp³-hybridized carbons (Fsp3) is 0.417. The lowest BCUT2D eigenvalue weighted by molar-refractivity contribution is -0.137. The number of nitrogens with zero attached hydrogens (tertiary/aromatic N) is 2. The second-order valence-corrected chi connectivity index (χ2v) is 9.83. The van der Waals surface area contributed by atoms with Gasteiger partial charge >= 0.3 is 6.18 Å². The first-order chi connectivity index (χ1) is 16.0. The van der Waals surface area contributed by atoms with Gasteiger partial charge in [-0.15, -0.1) is 0 Å². The Hall–Kier alpha value is -2.29. The van der Waals surface area contributed by atoms with Gasteiger partial charge in [-0.3, -0.25) is 14.5 Å². The van der Waals surface area contributed by atoms with Gasteiger partial charge in [0.25, 0.3) is 5.91 Å². The first-order valence-electron chi connectivity index (χ1n) is 10.9. The Morgan fingerprint density at radius 2 is 1.74 bits per heavy atom. The molecule has 182 valence electrons. The second-order valence-electron chi connectivity index (χ2n) is 9.04. The molecule has 4 rings (SSSR count). The molecular weight excluding hydrogens is 490 g/mol. The maximum atomic E-state index is 13.2. The summed E-state index contributed by atoms with van der Waals surface area (Å²) in [5.41, 5.74) is 6.20. The van der Waals surface area contributed by atoms with Crippen LogP contribution in [0.25, 0.3) is 0 Å². The van der Waals surface area contributed by atoms with Crippen LogP contribution in [0.5, 0.6) is 0 Å². The molecule has 2 amide bonds. The van der Waals surface area contributed by atoms with Crippen molar-refractivity contribution in [1.29, 1.82) is 0 Å². The molecule has 2 aromatic carbocycles. The number of primary amides is 1. The van der Waals surface area contributed by atoms with Crippen molar-refractivity contribution in [2.24, 2.45) is 17.6 Å². The molecule has 2 saturated heterocycles. The largest absolute Gasteiger partial charge is 0.417 e. The molecule has 2 heterocycles. The highest BCUT2D eigenvalue weighted by atomic mass is 35.5. The number of likely N-dealkylation sites (tertiary alicyclic amines) is 2. The molecule has 3 unspecified atom stereocenters. The lowest BCUT2D eigenvalue weighted by atomic mass is 10.0. The van der Waals surface area contributed by atoms with E-state index < -0.39 is 28.6 Å². The Morgan fingerprint density at radius 3 is 2.29 bits per heavy atom. The minimum atomic E-state index is -4.64. The second kappa shape index (κ2) is 9.40. The van der Waals surface area contributed by atoms with Crippen LogP contribution < -0.4 is 5.73 Å². The van der Waals surface area contributed by atoms with Crippen LogP contribution in [0.2, 0.25) is 10.0 Å². The summed E-state index contributed by atoms with van der Waals surface area (Å²) in [5.74, 6) is -0.666. The summed E-state index contributed by atoms with van der Waals surface area (Å²) in [5, 5.41) is 0.0394. The Bertz CT molecular complexity index is 1110. The van der Waals surface area contributed by atoms with Crippen molar-refractivity contribution in [1.82, 2.24) is 9.80 Å². The Kier molecular flexibility index (Phi) is 6.86. The third kappa shape index (κ3) is 4.90. The zero-order valence-corrected chi connectivity index (χ0v) is 19.9. The molecule has 0 spiro atoms. The zero-order valence-electron chi connectivity index (χ0n) is 18.4. The van der Waals surface area contributed by atoms with Crippen LogP contribution in [0.1, 0.15) is 39.5 Å². The normalized spacial score (nSPS) is 21.5. The number of amides is 2. The highest BCUT2D eigenvalue weighted by molar-refractivity contribution is 6.34. The quantitative estimate of drug-likeness (QED) is 0.615. The standard InChI is InChI=1S/C24H24Cl2F3N3O2/c1-13-5-6-14(7-19(13)25)20(8-21(30)33)31-9-15-11-32(12-16(15)10-31)23(34)17-3-2-4-18(22(17)26)24(27,28)29/h2-7,15-16,20H,8-12H2,1H3,(H2,30,33). The maximum absolute atomic E-state index is 13.2. The number of halogens is 5.